The molecule has 1 aliphatic carbocycles. The first kappa shape index (κ1) is 16.3. The molecule has 1 atom stereocenters. The molecule has 0 unspecified atom stereocenters. The molecule has 114 valence electrons. The Kier molecular flexibility index (Phi) is 5.24. The molecule has 0 aliphatic heterocycles. The van der Waals surface area contributed by atoms with E-state index >= 15 is 0 Å². The van der Waals surface area contributed by atoms with Gasteiger partial charge in [-0.25, -0.2) is 0 Å². The van der Waals surface area contributed by atoms with Crippen LogP contribution in [0.2, 0.25) is 19.6 Å². The van der Waals surface area contributed by atoms with Gasteiger partial charge in [0.2, 0.25) is 0 Å². The normalized spacial score (nSPS) is 20.3. The van der Waals surface area contributed by atoms with Gasteiger partial charge in [0.1, 0.15) is 6.07 Å². The van der Waals surface area contributed by atoms with Gasteiger partial charge in [-0.05, 0) is 38.0 Å². The fraction of sp³-hybridized carbons (Fsp3) is 0.611. The largest absolute Gasteiger partial charge is 0.396 e. The van der Waals surface area contributed by atoms with Crippen molar-refractivity contribution in [1.29, 1.82) is 5.26 Å². The van der Waals surface area contributed by atoms with Crippen LogP contribution in [0.25, 0.3) is 0 Å². The highest BCUT2D eigenvalue weighted by Gasteiger charge is 2.44. The fourth-order valence-corrected chi connectivity index (χ4v) is 4.71. The van der Waals surface area contributed by atoms with Crippen LogP contribution in [-0.2, 0) is 10.0 Å². The molecule has 2 nitrogen and oxygen atoms in total. The van der Waals surface area contributed by atoms with Gasteiger partial charge in [0.05, 0.1) is 0 Å². The summed E-state index contributed by atoms with van der Waals surface area (Å²) < 4.78 is 6.53. The van der Waals surface area contributed by atoms with Crippen molar-refractivity contribution in [2.75, 3.05) is 0 Å². The van der Waals surface area contributed by atoms with Crippen LogP contribution in [0.15, 0.2) is 30.3 Å². The number of hydrogen-bond donors (Lipinski definition) is 0. The first-order valence-corrected chi connectivity index (χ1v) is 11.6. The monoisotopic (exact) mass is 301 g/mol. The van der Waals surface area contributed by atoms with Crippen molar-refractivity contribution >= 4 is 8.32 Å². The predicted molar refractivity (Wildman–Crippen MR) is 89.4 cm³/mol. The summed E-state index contributed by atoms with van der Waals surface area (Å²) in [6.07, 6.45) is 7.23. The van der Waals surface area contributed by atoms with Crippen molar-refractivity contribution in [2.24, 2.45) is 5.92 Å². The van der Waals surface area contributed by atoms with E-state index in [1.54, 1.807) is 0 Å². The molecule has 0 amide bonds. The van der Waals surface area contributed by atoms with E-state index in [-0.39, 0.29) is 0 Å². The summed E-state index contributed by atoms with van der Waals surface area (Å²) in [6, 6.07) is 12.8. The standard InChI is InChI=1S/C18H27NOSi/c1-21(2,3)20-18(15-19,17-13-9-6-10-14-17)16-11-7-4-5-8-12-16/h6,9-10,13-14,16H,4-5,7-8,11-12H2,1-3H3/t18-/m0/s1. The Labute approximate surface area is 130 Å². The smallest absolute Gasteiger partial charge is 0.186 e. The number of nitrogens with zero attached hydrogens (tertiary/aromatic N) is 1. The van der Waals surface area contributed by atoms with Gasteiger partial charge in [-0.1, -0.05) is 56.0 Å². The van der Waals surface area contributed by atoms with Crippen molar-refractivity contribution in [2.45, 2.75) is 63.8 Å². The molecule has 1 aromatic rings. The van der Waals surface area contributed by atoms with Crippen molar-refractivity contribution in [1.82, 2.24) is 0 Å². The highest BCUT2D eigenvalue weighted by atomic mass is 28.4. The first-order chi connectivity index (χ1) is 9.98. The molecule has 1 fully saturated rings. The predicted octanol–water partition coefficient (Wildman–Crippen LogP) is 5.23. The molecule has 0 bridgehead atoms. The molecule has 0 radical (unpaired) electrons. The zero-order valence-electron chi connectivity index (χ0n) is 13.6. The lowest BCUT2D eigenvalue weighted by Crippen LogP contribution is -2.45. The Morgan fingerprint density at radius 3 is 2.10 bits per heavy atom. The highest BCUT2D eigenvalue weighted by molar-refractivity contribution is 6.69. The minimum absolute atomic E-state index is 0.319. The van der Waals surface area contributed by atoms with E-state index in [2.05, 4.69) is 37.8 Å². The molecule has 1 aromatic carbocycles. The van der Waals surface area contributed by atoms with Crippen LogP contribution in [0.5, 0.6) is 0 Å². The topological polar surface area (TPSA) is 33.0 Å². The summed E-state index contributed by atoms with van der Waals surface area (Å²) in [7, 11) is -1.82. The second kappa shape index (κ2) is 6.77. The molecule has 21 heavy (non-hydrogen) atoms. The fourth-order valence-electron chi connectivity index (χ4n) is 3.41. The maximum absolute atomic E-state index is 10.1. The quantitative estimate of drug-likeness (QED) is 0.563. The maximum atomic E-state index is 10.1. The molecule has 0 spiro atoms. The van der Waals surface area contributed by atoms with Crippen LogP contribution in [0.4, 0.5) is 0 Å². The molecule has 1 aliphatic rings. The summed E-state index contributed by atoms with van der Waals surface area (Å²) in [6.45, 7) is 6.54. The third kappa shape index (κ3) is 3.96. The van der Waals surface area contributed by atoms with E-state index in [1.165, 1.54) is 25.7 Å². The lowest BCUT2D eigenvalue weighted by atomic mass is 9.78. The van der Waals surface area contributed by atoms with E-state index in [0.717, 1.165) is 18.4 Å². The minimum atomic E-state index is -1.82. The van der Waals surface area contributed by atoms with Gasteiger partial charge in [-0.15, -0.1) is 0 Å². The molecule has 3 heteroatoms. The first-order valence-electron chi connectivity index (χ1n) is 8.15. The SMILES string of the molecule is C[Si](C)(C)O[C@](C#N)(c1ccccc1)C1CCCCCC1. The molecule has 0 saturated heterocycles. The van der Waals surface area contributed by atoms with Crippen molar-refractivity contribution in [3.63, 3.8) is 0 Å². The second-order valence-corrected chi connectivity index (χ2v) is 11.5. The van der Waals surface area contributed by atoms with Crippen molar-refractivity contribution in [3.05, 3.63) is 35.9 Å². The third-order valence-corrected chi connectivity index (χ3v) is 5.20. The van der Waals surface area contributed by atoms with Crippen molar-refractivity contribution in [3.8, 4) is 6.07 Å². The Hall–Kier alpha value is -1.11. The zero-order valence-corrected chi connectivity index (χ0v) is 14.6. The summed E-state index contributed by atoms with van der Waals surface area (Å²) in [4.78, 5) is 0. The molecular weight excluding hydrogens is 274 g/mol. The second-order valence-electron chi connectivity index (χ2n) is 7.12. The molecular formula is C18H27NOSi. The summed E-state index contributed by atoms with van der Waals surface area (Å²) in [5.74, 6) is 0.319. The van der Waals surface area contributed by atoms with Crippen LogP contribution in [-0.4, -0.2) is 8.32 Å². The van der Waals surface area contributed by atoms with Gasteiger partial charge in [-0.2, -0.15) is 5.26 Å². The Bertz CT molecular complexity index is 480. The van der Waals surface area contributed by atoms with E-state index < -0.39 is 13.9 Å². The van der Waals surface area contributed by atoms with Gasteiger partial charge in [0, 0.05) is 5.92 Å². The zero-order chi connectivity index (χ0) is 15.3. The van der Waals surface area contributed by atoms with E-state index in [9.17, 15) is 5.26 Å². The number of rotatable bonds is 4. The van der Waals surface area contributed by atoms with E-state index in [1.807, 2.05) is 18.2 Å². The van der Waals surface area contributed by atoms with Gasteiger partial charge in [0.25, 0.3) is 0 Å². The average molecular weight is 302 g/mol. The Morgan fingerprint density at radius 2 is 1.62 bits per heavy atom. The molecule has 1 saturated carbocycles. The number of nitriles is 1. The molecule has 0 N–H and O–H groups in total. The van der Waals surface area contributed by atoms with Crippen LogP contribution < -0.4 is 0 Å². The highest BCUT2D eigenvalue weighted by Crippen LogP contribution is 2.42. The third-order valence-electron chi connectivity index (χ3n) is 4.27. The lowest BCUT2D eigenvalue weighted by molar-refractivity contribution is 0.0429. The Balaban J connectivity index is 2.43. The van der Waals surface area contributed by atoms with Crippen LogP contribution in [0.1, 0.15) is 44.1 Å². The molecule has 0 aromatic heterocycles. The van der Waals surface area contributed by atoms with Gasteiger partial charge in [-0.3, -0.25) is 0 Å². The summed E-state index contributed by atoms with van der Waals surface area (Å²) >= 11 is 0. The van der Waals surface area contributed by atoms with Gasteiger partial charge in [0.15, 0.2) is 13.9 Å². The summed E-state index contributed by atoms with van der Waals surface area (Å²) in [5, 5.41) is 10.1. The molecule has 2 rings (SSSR count). The Morgan fingerprint density at radius 1 is 1.05 bits per heavy atom. The number of benzene rings is 1. The van der Waals surface area contributed by atoms with E-state index in [0.29, 0.717) is 5.92 Å². The molecule has 0 heterocycles. The van der Waals surface area contributed by atoms with Gasteiger partial charge < -0.3 is 4.43 Å². The van der Waals surface area contributed by atoms with Crippen LogP contribution in [0.3, 0.4) is 0 Å². The lowest BCUT2D eigenvalue weighted by Gasteiger charge is -2.40. The van der Waals surface area contributed by atoms with Crippen molar-refractivity contribution < 1.29 is 4.43 Å². The maximum Gasteiger partial charge on any atom is 0.186 e. The minimum Gasteiger partial charge on any atom is -0.396 e. The summed E-state index contributed by atoms with van der Waals surface area (Å²) in [5.41, 5.74) is 0.289. The van der Waals surface area contributed by atoms with E-state index in [4.69, 9.17) is 4.43 Å². The number of hydrogen-bond acceptors (Lipinski definition) is 2. The van der Waals surface area contributed by atoms with Crippen LogP contribution in [0, 0.1) is 17.2 Å². The van der Waals surface area contributed by atoms with Crippen LogP contribution >= 0.6 is 0 Å². The average Bonchev–Trinajstić information content (AvgIpc) is 2.74. The van der Waals surface area contributed by atoms with Gasteiger partial charge >= 0.3 is 0 Å².